The van der Waals surface area contributed by atoms with Gasteiger partial charge in [0, 0.05) is 18.7 Å². The van der Waals surface area contributed by atoms with Crippen LogP contribution in [0.5, 0.6) is 0 Å². The minimum absolute atomic E-state index is 0.434. The largest absolute Gasteiger partial charge is 0.389 e. The van der Waals surface area contributed by atoms with Crippen LogP contribution in [0.15, 0.2) is 24.3 Å². The number of aliphatic hydroxyl groups is 1. The van der Waals surface area contributed by atoms with Crippen LogP contribution >= 0.6 is 12.2 Å². The van der Waals surface area contributed by atoms with Gasteiger partial charge in [0.1, 0.15) is 4.99 Å². The first-order valence-electron chi connectivity index (χ1n) is 6.79. The summed E-state index contributed by atoms with van der Waals surface area (Å²) in [5, 5.41) is 10.4. The van der Waals surface area contributed by atoms with Crippen LogP contribution in [0.3, 0.4) is 0 Å². The van der Waals surface area contributed by atoms with E-state index in [1.807, 2.05) is 31.3 Å². The zero-order chi connectivity index (χ0) is 13.9. The maximum Gasteiger partial charge on any atom is 0.104 e. The summed E-state index contributed by atoms with van der Waals surface area (Å²) in [6, 6.07) is 7.94. The average molecular weight is 278 g/mol. The average Bonchev–Trinajstić information content (AvgIpc) is 2.75. The van der Waals surface area contributed by atoms with Gasteiger partial charge in [-0.2, -0.15) is 0 Å². The van der Waals surface area contributed by atoms with E-state index in [1.165, 1.54) is 0 Å². The molecule has 1 aromatic rings. The van der Waals surface area contributed by atoms with E-state index in [9.17, 15) is 5.11 Å². The van der Waals surface area contributed by atoms with Gasteiger partial charge in [0.05, 0.1) is 5.60 Å². The van der Waals surface area contributed by atoms with Crippen molar-refractivity contribution in [1.82, 2.24) is 4.90 Å². The minimum atomic E-state index is -0.507. The summed E-state index contributed by atoms with van der Waals surface area (Å²) in [6.07, 6.45) is 4.09. The quantitative estimate of drug-likeness (QED) is 0.810. The molecule has 1 aliphatic rings. The molecule has 1 aliphatic carbocycles. The highest BCUT2D eigenvalue weighted by Gasteiger charge is 2.32. The molecule has 19 heavy (non-hydrogen) atoms. The molecule has 0 amide bonds. The lowest BCUT2D eigenvalue weighted by Crippen LogP contribution is -2.39. The van der Waals surface area contributed by atoms with E-state index in [2.05, 4.69) is 4.90 Å². The molecule has 1 saturated carbocycles. The normalized spacial score (nSPS) is 17.8. The fourth-order valence-electron chi connectivity index (χ4n) is 2.94. The molecule has 0 radical (unpaired) electrons. The van der Waals surface area contributed by atoms with Crippen molar-refractivity contribution in [1.29, 1.82) is 0 Å². The van der Waals surface area contributed by atoms with Gasteiger partial charge in [0.25, 0.3) is 0 Å². The molecule has 104 valence electrons. The van der Waals surface area contributed by atoms with Gasteiger partial charge in [-0.05, 0) is 25.5 Å². The number of rotatable bonds is 5. The van der Waals surface area contributed by atoms with Crippen LogP contribution < -0.4 is 5.73 Å². The fourth-order valence-corrected chi connectivity index (χ4v) is 3.14. The summed E-state index contributed by atoms with van der Waals surface area (Å²) in [4.78, 5) is 2.59. The summed E-state index contributed by atoms with van der Waals surface area (Å²) < 4.78 is 0. The predicted molar refractivity (Wildman–Crippen MR) is 82.1 cm³/mol. The Morgan fingerprint density at radius 1 is 1.37 bits per heavy atom. The number of benzene rings is 1. The highest BCUT2D eigenvalue weighted by molar-refractivity contribution is 7.80. The van der Waals surface area contributed by atoms with Crippen molar-refractivity contribution in [2.24, 2.45) is 5.73 Å². The first-order valence-corrected chi connectivity index (χ1v) is 7.20. The van der Waals surface area contributed by atoms with Crippen molar-refractivity contribution in [3.05, 3.63) is 35.4 Å². The number of hydrogen-bond acceptors (Lipinski definition) is 3. The van der Waals surface area contributed by atoms with Gasteiger partial charge in [0.15, 0.2) is 0 Å². The molecule has 0 aromatic heterocycles. The molecule has 1 aromatic carbocycles. The summed E-state index contributed by atoms with van der Waals surface area (Å²) in [6.45, 7) is 1.47. The van der Waals surface area contributed by atoms with Crippen molar-refractivity contribution in [3.63, 3.8) is 0 Å². The second kappa shape index (κ2) is 5.99. The van der Waals surface area contributed by atoms with E-state index in [0.717, 1.165) is 43.4 Å². The number of nitrogens with zero attached hydrogens (tertiary/aromatic N) is 1. The van der Waals surface area contributed by atoms with Crippen molar-refractivity contribution in [2.45, 2.75) is 37.8 Å². The molecule has 0 aliphatic heterocycles. The second-order valence-electron chi connectivity index (χ2n) is 5.63. The van der Waals surface area contributed by atoms with Gasteiger partial charge in [-0.25, -0.2) is 0 Å². The molecule has 4 heteroatoms. The zero-order valence-corrected chi connectivity index (χ0v) is 12.2. The van der Waals surface area contributed by atoms with Crippen LogP contribution in [-0.2, 0) is 6.54 Å². The predicted octanol–water partition coefficient (Wildman–Crippen LogP) is 2.06. The fraction of sp³-hybridized carbons (Fsp3) is 0.533. The Hall–Kier alpha value is -0.970. The lowest BCUT2D eigenvalue weighted by Gasteiger charge is -2.29. The van der Waals surface area contributed by atoms with E-state index in [1.54, 1.807) is 0 Å². The molecule has 0 atom stereocenters. The smallest absolute Gasteiger partial charge is 0.104 e. The summed E-state index contributed by atoms with van der Waals surface area (Å²) in [5.74, 6) is 0. The molecular formula is C15H22N2OS. The topological polar surface area (TPSA) is 49.5 Å². The minimum Gasteiger partial charge on any atom is -0.389 e. The highest BCUT2D eigenvalue weighted by Crippen LogP contribution is 2.30. The number of likely N-dealkylation sites (N-methyl/N-ethyl adjacent to an activating group) is 1. The van der Waals surface area contributed by atoms with Crippen LogP contribution in [-0.4, -0.2) is 34.2 Å². The van der Waals surface area contributed by atoms with E-state index < -0.39 is 5.60 Å². The van der Waals surface area contributed by atoms with Gasteiger partial charge < -0.3 is 10.8 Å². The van der Waals surface area contributed by atoms with Crippen LogP contribution in [0.25, 0.3) is 0 Å². The first-order chi connectivity index (χ1) is 9.00. The van der Waals surface area contributed by atoms with Crippen LogP contribution in [0.2, 0.25) is 0 Å². The summed E-state index contributed by atoms with van der Waals surface area (Å²) in [7, 11) is 2.03. The Morgan fingerprint density at radius 2 is 2.00 bits per heavy atom. The number of thiocarbonyl (C=S) groups is 1. The van der Waals surface area contributed by atoms with Gasteiger partial charge in [-0.15, -0.1) is 0 Å². The SMILES string of the molecule is CN(Cc1ccccc1C(N)=S)CC1(O)CCCC1. The zero-order valence-electron chi connectivity index (χ0n) is 11.4. The van der Waals surface area contributed by atoms with Crippen molar-refractivity contribution < 1.29 is 5.11 Å². The van der Waals surface area contributed by atoms with Crippen molar-refractivity contribution >= 4 is 17.2 Å². The molecule has 2 rings (SSSR count). The molecule has 0 bridgehead atoms. The Morgan fingerprint density at radius 3 is 2.63 bits per heavy atom. The van der Waals surface area contributed by atoms with Crippen LogP contribution in [0, 0.1) is 0 Å². The number of nitrogens with two attached hydrogens (primary N) is 1. The Balaban J connectivity index is 2.02. The van der Waals surface area contributed by atoms with Crippen LogP contribution in [0.4, 0.5) is 0 Å². The Kier molecular flexibility index (Phi) is 4.55. The van der Waals surface area contributed by atoms with Gasteiger partial charge >= 0.3 is 0 Å². The Bertz CT molecular complexity index is 455. The summed E-state index contributed by atoms with van der Waals surface area (Å²) in [5.41, 5.74) is 7.29. The Labute approximate surface area is 120 Å². The van der Waals surface area contributed by atoms with Gasteiger partial charge in [-0.1, -0.05) is 49.3 Å². The van der Waals surface area contributed by atoms with Crippen molar-refractivity contribution in [2.75, 3.05) is 13.6 Å². The van der Waals surface area contributed by atoms with Crippen LogP contribution in [0.1, 0.15) is 36.8 Å². The third-order valence-corrected chi connectivity index (χ3v) is 4.04. The highest BCUT2D eigenvalue weighted by atomic mass is 32.1. The maximum absolute atomic E-state index is 10.4. The molecule has 3 N–H and O–H groups in total. The monoisotopic (exact) mass is 278 g/mol. The molecular weight excluding hydrogens is 256 g/mol. The molecule has 3 nitrogen and oxygen atoms in total. The summed E-state index contributed by atoms with van der Waals surface area (Å²) >= 11 is 5.08. The lowest BCUT2D eigenvalue weighted by molar-refractivity contribution is 0.0145. The molecule has 0 spiro atoms. The van der Waals surface area contributed by atoms with E-state index >= 15 is 0 Å². The molecule has 0 unspecified atom stereocenters. The maximum atomic E-state index is 10.4. The third-order valence-electron chi connectivity index (χ3n) is 3.82. The molecule has 0 heterocycles. The van der Waals surface area contributed by atoms with E-state index in [-0.39, 0.29) is 0 Å². The standard InChI is InChI=1S/C15H22N2OS/c1-17(11-15(18)8-4-5-9-15)10-12-6-2-3-7-13(12)14(16)19/h2-3,6-7,18H,4-5,8-11H2,1H3,(H2,16,19). The van der Waals surface area contributed by atoms with Gasteiger partial charge in [0.2, 0.25) is 0 Å². The first kappa shape index (κ1) is 14.4. The lowest BCUT2D eigenvalue weighted by atomic mass is 10.0. The van der Waals surface area contributed by atoms with Crippen molar-refractivity contribution in [3.8, 4) is 0 Å². The van der Waals surface area contributed by atoms with Gasteiger partial charge in [-0.3, -0.25) is 4.90 Å². The van der Waals surface area contributed by atoms with E-state index in [0.29, 0.717) is 11.5 Å². The van der Waals surface area contributed by atoms with E-state index in [4.69, 9.17) is 18.0 Å². The molecule has 0 saturated heterocycles. The third kappa shape index (κ3) is 3.75. The molecule has 1 fully saturated rings. The number of hydrogen-bond donors (Lipinski definition) is 2. The second-order valence-corrected chi connectivity index (χ2v) is 6.06.